The molecule has 0 aliphatic heterocycles. The normalized spacial score (nSPS) is 21.8. The minimum Gasteiger partial charge on any atom is -0.484 e. The summed E-state index contributed by atoms with van der Waals surface area (Å²) in [7, 11) is 0. The molecule has 1 aliphatic carbocycles. The van der Waals surface area contributed by atoms with Crippen molar-refractivity contribution in [1.82, 2.24) is 5.32 Å². The molecule has 3 rings (SSSR count). The maximum absolute atomic E-state index is 13.0. The summed E-state index contributed by atoms with van der Waals surface area (Å²) in [5, 5.41) is 3.08. The molecular weight excluding hydrogens is 357 g/mol. The Morgan fingerprint density at radius 2 is 1.61 bits per heavy atom. The quantitative estimate of drug-likeness (QED) is 0.754. The van der Waals surface area contributed by atoms with Crippen LogP contribution in [0.15, 0.2) is 48.5 Å². The molecule has 0 saturated heterocycles. The van der Waals surface area contributed by atoms with Gasteiger partial charge in [0, 0.05) is 17.2 Å². The van der Waals surface area contributed by atoms with E-state index in [1.54, 1.807) is 24.3 Å². The van der Waals surface area contributed by atoms with Gasteiger partial charge in [0.05, 0.1) is 0 Å². The van der Waals surface area contributed by atoms with Crippen LogP contribution in [0.3, 0.4) is 0 Å². The van der Waals surface area contributed by atoms with Gasteiger partial charge in [-0.05, 0) is 66.8 Å². The van der Waals surface area contributed by atoms with Crippen molar-refractivity contribution < 1.29 is 18.7 Å². The summed E-state index contributed by atoms with van der Waals surface area (Å²) in [5.41, 5.74) is 0.902. The predicted octanol–water partition coefficient (Wildman–Crippen LogP) is 4.38. The van der Waals surface area contributed by atoms with Crippen molar-refractivity contribution in [2.75, 3.05) is 6.61 Å². The van der Waals surface area contributed by atoms with Gasteiger partial charge in [0.15, 0.2) is 12.4 Å². The maximum Gasteiger partial charge on any atom is 0.258 e. The van der Waals surface area contributed by atoms with E-state index < -0.39 is 0 Å². The largest absolute Gasteiger partial charge is 0.484 e. The summed E-state index contributed by atoms with van der Waals surface area (Å²) in [6, 6.07) is 12.3. The van der Waals surface area contributed by atoms with Gasteiger partial charge < -0.3 is 10.1 Å². The van der Waals surface area contributed by atoms with Crippen LogP contribution in [0.4, 0.5) is 4.39 Å². The number of amides is 1. The number of carbonyl (C=O) groups is 2. The summed E-state index contributed by atoms with van der Waals surface area (Å²) < 4.78 is 18.5. The lowest BCUT2D eigenvalue weighted by molar-refractivity contribution is -0.124. The molecule has 3 atom stereocenters. The first kappa shape index (κ1) is 20.1. The molecule has 1 aliphatic rings. The first-order valence-corrected chi connectivity index (χ1v) is 9.76. The number of rotatable bonds is 6. The molecule has 2 aromatic carbocycles. The van der Waals surface area contributed by atoms with Crippen molar-refractivity contribution in [2.45, 2.75) is 39.2 Å². The van der Waals surface area contributed by atoms with Crippen LogP contribution in [0.2, 0.25) is 0 Å². The lowest BCUT2D eigenvalue weighted by Crippen LogP contribution is -2.45. The van der Waals surface area contributed by atoms with Crippen molar-refractivity contribution in [3.05, 3.63) is 65.5 Å². The fraction of sp³-hybridized carbons (Fsp3) is 0.391. The molecule has 0 aromatic heterocycles. The van der Waals surface area contributed by atoms with Crippen LogP contribution in [-0.4, -0.2) is 24.3 Å². The van der Waals surface area contributed by atoms with E-state index in [9.17, 15) is 14.0 Å². The Bertz CT molecular complexity index is 817. The van der Waals surface area contributed by atoms with E-state index in [1.807, 2.05) is 0 Å². The van der Waals surface area contributed by atoms with Gasteiger partial charge in [-0.15, -0.1) is 0 Å². The molecule has 1 amide bonds. The lowest BCUT2D eigenvalue weighted by atomic mass is 9.78. The van der Waals surface area contributed by atoms with Crippen LogP contribution in [-0.2, 0) is 4.79 Å². The Morgan fingerprint density at radius 3 is 2.25 bits per heavy atom. The van der Waals surface area contributed by atoms with Gasteiger partial charge >= 0.3 is 0 Å². The minimum absolute atomic E-state index is 0.0527. The van der Waals surface area contributed by atoms with E-state index in [0.717, 1.165) is 12.8 Å². The first-order valence-electron chi connectivity index (χ1n) is 9.76. The van der Waals surface area contributed by atoms with E-state index in [-0.39, 0.29) is 30.2 Å². The number of halogens is 1. The van der Waals surface area contributed by atoms with Crippen molar-refractivity contribution >= 4 is 11.7 Å². The van der Waals surface area contributed by atoms with Gasteiger partial charge in [-0.25, -0.2) is 4.39 Å². The first-order chi connectivity index (χ1) is 13.4. The van der Waals surface area contributed by atoms with Gasteiger partial charge in [-0.1, -0.05) is 26.7 Å². The van der Waals surface area contributed by atoms with Gasteiger partial charge in [0.25, 0.3) is 5.91 Å². The molecule has 148 valence electrons. The molecule has 2 aromatic rings. The van der Waals surface area contributed by atoms with Crippen LogP contribution >= 0.6 is 0 Å². The molecule has 0 radical (unpaired) electrons. The van der Waals surface area contributed by atoms with Crippen LogP contribution in [0, 0.1) is 17.7 Å². The zero-order valence-corrected chi connectivity index (χ0v) is 16.3. The van der Waals surface area contributed by atoms with E-state index in [2.05, 4.69) is 19.2 Å². The predicted molar refractivity (Wildman–Crippen MR) is 106 cm³/mol. The Hall–Kier alpha value is -2.69. The smallest absolute Gasteiger partial charge is 0.258 e. The van der Waals surface area contributed by atoms with E-state index in [1.165, 1.54) is 30.7 Å². The van der Waals surface area contributed by atoms with E-state index in [0.29, 0.717) is 28.7 Å². The molecule has 1 N–H and O–H groups in total. The lowest BCUT2D eigenvalue weighted by Gasteiger charge is -2.34. The van der Waals surface area contributed by atoms with Gasteiger partial charge in [0.2, 0.25) is 0 Å². The third kappa shape index (κ3) is 4.97. The number of hydrogen-bond donors (Lipinski definition) is 1. The highest BCUT2D eigenvalue weighted by Gasteiger charge is 2.28. The van der Waals surface area contributed by atoms with Gasteiger partial charge in [-0.3, -0.25) is 9.59 Å². The van der Waals surface area contributed by atoms with Crippen molar-refractivity contribution in [1.29, 1.82) is 0 Å². The molecule has 0 bridgehead atoms. The summed E-state index contributed by atoms with van der Waals surface area (Å²) in [4.78, 5) is 24.6. The third-order valence-corrected chi connectivity index (χ3v) is 5.65. The van der Waals surface area contributed by atoms with E-state index >= 15 is 0 Å². The van der Waals surface area contributed by atoms with Crippen LogP contribution < -0.4 is 10.1 Å². The molecule has 4 nitrogen and oxygen atoms in total. The van der Waals surface area contributed by atoms with Gasteiger partial charge in [-0.2, -0.15) is 0 Å². The number of ketones is 1. The molecule has 28 heavy (non-hydrogen) atoms. The fourth-order valence-corrected chi connectivity index (χ4v) is 3.65. The van der Waals surface area contributed by atoms with E-state index in [4.69, 9.17) is 4.74 Å². The van der Waals surface area contributed by atoms with Crippen LogP contribution in [0.25, 0.3) is 0 Å². The number of hydrogen-bond acceptors (Lipinski definition) is 3. The Balaban J connectivity index is 1.52. The fourth-order valence-electron chi connectivity index (χ4n) is 3.65. The number of benzene rings is 2. The average Bonchev–Trinajstić information content (AvgIpc) is 2.70. The minimum atomic E-state index is -0.379. The Kier molecular flexibility index (Phi) is 6.45. The molecule has 5 heteroatoms. The average molecular weight is 383 g/mol. The zero-order valence-electron chi connectivity index (χ0n) is 16.3. The topological polar surface area (TPSA) is 55.4 Å². The summed E-state index contributed by atoms with van der Waals surface area (Å²) >= 11 is 0. The number of carbonyl (C=O) groups excluding carboxylic acids is 2. The van der Waals surface area contributed by atoms with Gasteiger partial charge in [0.1, 0.15) is 11.6 Å². The maximum atomic E-state index is 13.0. The summed E-state index contributed by atoms with van der Waals surface area (Å²) in [6.45, 7) is 4.36. The molecule has 1 fully saturated rings. The number of nitrogens with one attached hydrogen (secondary N) is 1. The molecule has 0 spiro atoms. The summed E-state index contributed by atoms with van der Waals surface area (Å²) in [6.07, 6.45) is 3.37. The second kappa shape index (κ2) is 9.00. The van der Waals surface area contributed by atoms with Crippen molar-refractivity contribution in [2.24, 2.45) is 11.8 Å². The standard InChI is InChI=1S/C23H26FNO3/c1-15-4-3-5-21(16(15)2)25-22(26)14-28-20-12-8-18(9-13-20)23(27)17-6-10-19(24)11-7-17/h6-13,15-16,21H,3-5,14H2,1-2H3,(H,25,26)/t15-,16+,21+/m0/s1. The SMILES string of the molecule is C[C@@H]1[C@@H](C)CCC[C@H]1NC(=O)COc1ccc(C(=O)c2ccc(F)cc2)cc1. The van der Waals surface area contributed by atoms with Crippen LogP contribution in [0.5, 0.6) is 5.75 Å². The Labute approximate surface area is 165 Å². The second-order valence-corrected chi connectivity index (χ2v) is 7.59. The third-order valence-electron chi connectivity index (χ3n) is 5.65. The van der Waals surface area contributed by atoms with Crippen molar-refractivity contribution in [3.8, 4) is 5.75 Å². The molecule has 0 unspecified atom stereocenters. The van der Waals surface area contributed by atoms with Crippen LogP contribution in [0.1, 0.15) is 49.0 Å². The zero-order chi connectivity index (χ0) is 20.1. The molecular formula is C23H26FNO3. The highest BCUT2D eigenvalue weighted by molar-refractivity contribution is 6.09. The second-order valence-electron chi connectivity index (χ2n) is 7.59. The highest BCUT2D eigenvalue weighted by atomic mass is 19.1. The molecule has 0 heterocycles. The highest BCUT2D eigenvalue weighted by Crippen LogP contribution is 2.29. The summed E-state index contributed by atoms with van der Waals surface area (Å²) in [5.74, 6) is 0.911. The van der Waals surface area contributed by atoms with Crippen molar-refractivity contribution in [3.63, 3.8) is 0 Å². The Morgan fingerprint density at radius 1 is 1.00 bits per heavy atom. The molecule has 1 saturated carbocycles. The monoisotopic (exact) mass is 383 g/mol. The number of ether oxygens (including phenoxy) is 1.